The van der Waals surface area contributed by atoms with Crippen molar-refractivity contribution in [2.24, 2.45) is 5.92 Å². The second kappa shape index (κ2) is 12.5. The number of methoxy groups -OCH3 is 1. The molecule has 31 heavy (non-hydrogen) atoms. The third-order valence-corrected chi connectivity index (χ3v) is 5.92. The van der Waals surface area contributed by atoms with Crippen LogP contribution in [0.15, 0.2) is 48.5 Å². The van der Waals surface area contributed by atoms with Crippen LogP contribution in [-0.4, -0.2) is 61.8 Å². The average molecular weight is 421 g/mol. The molecule has 2 aromatic rings. The molecular formula is C27H36N2O2. The van der Waals surface area contributed by atoms with E-state index in [0.29, 0.717) is 6.42 Å². The van der Waals surface area contributed by atoms with Gasteiger partial charge in [0.15, 0.2) is 0 Å². The summed E-state index contributed by atoms with van der Waals surface area (Å²) in [5, 5.41) is 8.82. The first-order valence-corrected chi connectivity index (χ1v) is 11.4. The summed E-state index contributed by atoms with van der Waals surface area (Å²) in [7, 11) is 3.94. The molecule has 4 heteroatoms. The maximum Gasteiger partial charge on any atom is 0.118 e. The first-order chi connectivity index (χ1) is 15.2. The molecule has 4 nitrogen and oxygen atoms in total. The fourth-order valence-corrected chi connectivity index (χ4v) is 4.31. The molecule has 3 rings (SSSR count). The van der Waals surface area contributed by atoms with Gasteiger partial charge in [-0.2, -0.15) is 0 Å². The Morgan fingerprint density at radius 1 is 1.10 bits per heavy atom. The number of hydrogen-bond donors (Lipinski definition) is 1. The van der Waals surface area contributed by atoms with Crippen molar-refractivity contribution in [3.8, 4) is 17.6 Å². The van der Waals surface area contributed by atoms with E-state index in [0.717, 1.165) is 43.3 Å². The van der Waals surface area contributed by atoms with Gasteiger partial charge in [0.1, 0.15) is 5.75 Å². The number of hydrogen-bond acceptors (Lipinski definition) is 4. The number of piperidine rings is 1. The van der Waals surface area contributed by atoms with Gasteiger partial charge in [-0.1, -0.05) is 36.1 Å². The van der Waals surface area contributed by atoms with Crippen molar-refractivity contribution in [2.75, 3.05) is 46.9 Å². The van der Waals surface area contributed by atoms with E-state index in [1.54, 1.807) is 7.11 Å². The van der Waals surface area contributed by atoms with Crippen molar-refractivity contribution < 1.29 is 9.84 Å². The van der Waals surface area contributed by atoms with E-state index in [4.69, 9.17) is 9.84 Å². The molecule has 0 amide bonds. The first kappa shape index (κ1) is 23.3. The van der Waals surface area contributed by atoms with Crippen molar-refractivity contribution in [1.29, 1.82) is 0 Å². The highest BCUT2D eigenvalue weighted by Crippen LogP contribution is 2.19. The minimum atomic E-state index is 0.121. The highest BCUT2D eigenvalue weighted by Gasteiger charge is 2.21. The van der Waals surface area contributed by atoms with Crippen molar-refractivity contribution in [3.05, 3.63) is 65.2 Å². The maximum atomic E-state index is 8.82. The number of benzene rings is 2. The van der Waals surface area contributed by atoms with E-state index < -0.39 is 0 Å². The van der Waals surface area contributed by atoms with Crippen LogP contribution in [0, 0.1) is 17.8 Å². The van der Waals surface area contributed by atoms with Gasteiger partial charge < -0.3 is 19.6 Å². The Labute approximate surface area is 187 Å². The Bertz CT molecular complexity index is 836. The van der Waals surface area contributed by atoms with Crippen LogP contribution in [0.5, 0.6) is 5.75 Å². The summed E-state index contributed by atoms with van der Waals surface area (Å²) in [6.07, 6.45) is 4.24. The van der Waals surface area contributed by atoms with E-state index in [9.17, 15) is 0 Å². The van der Waals surface area contributed by atoms with Crippen molar-refractivity contribution in [3.63, 3.8) is 0 Å². The molecule has 0 aromatic heterocycles. The van der Waals surface area contributed by atoms with Gasteiger partial charge in [0, 0.05) is 38.2 Å². The Morgan fingerprint density at radius 2 is 1.84 bits per heavy atom. The van der Waals surface area contributed by atoms with Gasteiger partial charge in [0.25, 0.3) is 0 Å². The van der Waals surface area contributed by atoms with E-state index >= 15 is 0 Å². The quantitative estimate of drug-likeness (QED) is 0.626. The number of nitrogens with zero attached hydrogens (tertiary/aromatic N) is 2. The molecule has 1 aliphatic rings. The second-order valence-electron chi connectivity index (χ2n) is 8.58. The third kappa shape index (κ3) is 8.03. The topological polar surface area (TPSA) is 35.9 Å². The predicted molar refractivity (Wildman–Crippen MR) is 127 cm³/mol. The number of aliphatic hydroxyl groups excluding tert-OH is 1. The molecule has 1 heterocycles. The summed E-state index contributed by atoms with van der Waals surface area (Å²) in [5.74, 6) is 7.73. The lowest BCUT2D eigenvalue weighted by Crippen LogP contribution is -2.40. The number of ether oxygens (including phenoxy) is 1. The predicted octanol–water partition coefficient (Wildman–Crippen LogP) is 3.82. The Balaban J connectivity index is 1.42. The van der Waals surface area contributed by atoms with Gasteiger partial charge in [0.2, 0.25) is 0 Å². The lowest BCUT2D eigenvalue weighted by molar-refractivity contribution is 0.142. The van der Waals surface area contributed by atoms with Crippen molar-refractivity contribution in [2.45, 2.75) is 32.2 Å². The van der Waals surface area contributed by atoms with Gasteiger partial charge in [-0.05, 0) is 74.2 Å². The molecule has 1 atom stereocenters. The minimum Gasteiger partial charge on any atom is -0.497 e. The monoisotopic (exact) mass is 420 g/mol. The highest BCUT2D eigenvalue weighted by atomic mass is 16.5. The maximum absolute atomic E-state index is 8.82. The van der Waals surface area contributed by atoms with Crippen LogP contribution in [-0.2, 0) is 13.0 Å². The van der Waals surface area contributed by atoms with Crippen molar-refractivity contribution in [1.82, 2.24) is 9.80 Å². The number of rotatable bonds is 9. The van der Waals surface area contributed by atoms with Gasteiger partial charge in [0.05, 0.1) is 13.7 Å². The Hall–Kier alpha value is -2.32. The zero-order chi connectivity index (χ0) is 21.9. The standard InChI is InChI=1S/C27H36N2O2/c1-28(20-25-10-8-23(9-11-25)6-3-4-19-30)21-26-7-5-17-29(22-26)18-16-24-12-14-27(31-2)15-13-24/h8-15,26,30H,4-5,7,16-22H2,1-2H3/t26-/m1/s1. The summed E-state index contributed by atoms with van der Waals surface area (Å²) in [5.41, 5.74) is 3.71. The molecule has 0 bridgehead atoms. The smallest absolute Gasteiger partial charge is 0.118 e. The van der Waals surface area contributed by atoms with Crippen molar-refractivity contribution >= 4 is 0 Å². The summed E-state index contributed by atoms with van der Waals surface area (Å²) in [4.78, 5) is 5.08. The molecule has 0 saturated carbocycles. The number of aliphatic hydroxyl groups is 1. The zero-order valence-electron chi connectivity index (χ0n) is 19.0. The largest absolute Gasteiger partial charge is 0.497 e. The van der Waals surface area contributed by atoms with Gasteiger partial charge in [-0.15, -0.1) is 0 Å². The van der Waals surface area contributed by atoms with Crippen LogP contribution in [0.2, 0.25) is 0 Å². The zero-order valence-corrected chi connectivity index (χ0v) is 19.0. The van der Waals surface area contributed by atoms with E-state index in [1.165, 1.54) is 37.1 Å². The van der Waals surface area contributed by atoms with E-state index in [2.05, 4.69) is 77.2 Å². The normalized spacial score (nSPS) is 16.7. The van der Waals surface area contributed by atoms with Crippen LogP contribution in [0.4, 0.5) is 0 Å². The molecule has 2 aromatic carbocycles. The van der Waals surface area contributed by atoms with Crippen LogP contribution >= 0.6 is 0 Å². The highest BCUT2D eigenvalue weighted by molar-refractivity contribution is 5.36. The Morgan fingerprint density at radius 3 is 2.55 bits per heavy atom. The minimum absolute atomic E-state index is 0.121. The first-order valence-electron chi connectivity index (χ1n) is 11.4. The Kier molecular flexibility index (Phi) is 9.42. The van der Waals surface area contributed by atoms with Gasteiger partial charge >= 0.3 is 0 Å². The molecule has 1 fully saturated rings. The molecule has 1 saturated heterocycles. The van der Waals surface area contributed by atoms with Crippen LogP contribution < -0.4 is 4.74 Å². The molecule has 0 spiro atoms. The summed E-state index contributed by atoms with van der Waals surface area (Å²) in [6.45, 7) is 5.76. The van der Waals surface area contributed by atoms with Crippen LogP contribution in [0.25, 0.3) is 0 Å². The lowest BCUT2D eigenvalue weighted by atomic mass is 9.97. The molecule has 0 radical (unpaired) electrons. The SMILES string of the molecule is COc1ccc(CCN2CCC[C@H](CN(C)Cc3ccc(C#CCCO)cc3)C2)cc1. The summed E-state index contributed by atoms with van der Waals surface area (Å²) < 4.78 is 5.25. The molecule has 0 unspecified atom stereocenters. The third-order valence-electron chi connectivity index (χ3n) is 5.92. The molecule has 166 valence electrons. The van der Waals surface area contributed by atoms with Crippen LogP contribution in [0.3, 0.4) is 0 Å². The van der Waals surface area contributed by atoms with Gasteiger partial charge in [-0.3, -0.25) is 0 Å². The number of likely N-dealkylation sites (tertiary alicyclic amines) is 1. The lowest BCUT2D eigenvalue weighted by Gasteiger charge is -2.34. The molecule has 1 aliphatic heterocycles. The molecular weight excluding hydrogens is 384 g/mol. The average Bonchev–Trinajstić information content (AvgIpc) is 2.79. The second-order valence-corrected chi connectivity index (χ2v) is 8.58. The molecule has 0 aliphatic carbocycles. The summed E-state index contributed by atoms with van der Waals surface area (Å²) >= 11 is 0. The fourth-order valence-electron chi connectivity index (χ4n) is 4.31. The molecule has 1 N–H and O–H groups in total. The fraction of sp³-hybridized carbons (Fsp3) is 0.481. The summed E-state index contributed by atoms with van der Waals surface area (Å²) in [6, 6.07) is 17.0. The van der Waals surface area contributed by atoms with E-state index in [-0.39, 0.29) is 6.61 Å². The van der Waals surface area contributed by atoms with E-state index in [1.807, 2.05) is 0 Å². The van der Waals surface area contributed by atoms with Crippen LogP contribution in [0.1, 0.15) is 36.0 Å². The van der Waals surface area contributed by atoms with Gasteiger partial charge in [-0.25, -0.2) is 0 Å².